The molecule has 0 aromatic rings. The summed E-state index contributed by atoms with van der Waals surface area (Å²) in [7, 11) is 1.61. The summed E-state index contributed by atoms with van der Waals surface area (Å²) in [5.74, 6) is 0.241. The summed E-state index contributed by atoms with van der Waals surface area (Å²) in [5, 5.41) is 2.52. The molecule has 0 bridgehead atoms. The summed E-state index contributed by atoms with van der Waals surface area (Å²) in [6, 6.07) is 0. The van der Waals surface area contributed by atoms with Crippen LogP contribution in [0.25, 0.3) is 0 Å². The summed E-state index contributed by atoms with van der Waals surface area (Å²) in [5.41, 5.74) is 0. The standard InChI is InChI=1S/C6H11INO2/c1-5(9)3-7-4-6(10)8-2/h3-4H2,1-2H3,(H,8,10)/q-1. The van der Waals surface area contributed by atoms with Gasteiger partial charge in [-0.3, -0.25) is 0 Å². The first-order valence-corrected chi connectivity index (χ1v) is 5.95. The van der Waals surface area contributed by atoms with Crippen LogP contribution in [0.2, 0.25) is 0 Å². The first kappa shape index (κ1) is 9.87. The molecular formula is C6H11INO2-. The molecule has 0 unspecified atom stereocenters. The second-order valence-corrected chi connectivity index (χ2v) is 4.44. The summed E-state index contributed by atoms with van der Waals surface area (Å²) in [6.45, 7) is 1.56. The van der Waals surface area contributed by atoms with Crippen molar-refractivity contribution in [2.75, 3.05) is 15.9 Å². The van der Waals surface area contributed by atoms with Gasteiger partial charge in [-0.2, -0.15) is 0 Å². The average Bonchev–Trinajstić information content (AvgIpc) is 1.87. The maximum absolute atomic E-state index is 10.6. The van der Waals surface area contributed by atoms with Crippen LogP contribution in [0.4, 0.5) is 0 Å². The van der Waals surface area contributed by atoms with E-state index < -0.39 is 0 Å². The minimum atomic E-state index is -0.224. The van der Waals surface area contributed by atoms with Gasteiger partial charge in [0.2, 0.25) is 0 Å². The molecule has 4 heteroatoms. The molecule has 0 aromatic heterocycles. The number of alkyl halides is 2. The number of amides is 1. The van der Waals surface area contributed by atoms with Gasteiger partial charge in [-0.25, -0.2) is 0 Å². The van der Waals surface area contributed by atoms with Gasteiger partial charge >= 0.3 is 70.6 Å². The molecule has 0 fully saturated rings. The van der Waals surface area contributed by atoms with Crippen molar-refractivity contribution in [2.24, 2.45) is 0 Å². The Morgan fingerprint density at radius 2 is 2.00 bits per heavy atom. The van der Waals surface area contributed by atoms with Crippen LogP contribution in [0.15, 0.2) is 0 Å². The third-order valence-corrected chi connectivity index (χ3v) is 3.62. The molecule has 60 valence electrons. The molecule has 0 aliphatic heterocycles. The second-order valence-electron chi connectivity index (χ2n) is 1.83. The van der Waals surface area contributed by atoms with Gasteiger partial charge in [0.1, 0.15) is 0 Å². The Morgan fingerprint density at radius 3 is 2.40 bits per heavy atom. The van der Waals surface area contributed by atoms with Gasteiger partial charge in [-0.05, 0) is 0 Å². The molecule has 0 radical (unpaired) electrons. The normalized spacial score (nSPS) is 9.40. The van der Waals surface area contributed by atoms with Crippen molar-refractivity contribution in [1.82, 2.24) is 5.32 Å². The fourth-order valence-electron chi connectivity index (χ4n) is 0.333. The number of hydrogen-bond acceptors (Lipinski definition) is 2. The molecule has 1 amide bonds. The van der Waals surface area contributed by atoms with Crippen LogP contribution in [-0.4, -0.2) is 27.6 Å². The van der Waals surface area contributed by atoms with E-state index in [4.69, 9.17) is 0 Å². The molecule has 3 nitrogen and oxygen atoms in total. The number of Topliss-reactive ketones (excluding diaryl/α,β-unsaturated/α-hetero) is 1. The van der Waals surface area contributed by atoms with E-state index in [0.717, 1.165) is 0 Å². The zero-order valence-corrected chi connectivity index (χ0v) is 8.27. The van der Waals surface area contributed by atoms with Crippen molar-refractivity contribution in [1.29, 1.82) is 0 Å². The van der Waals surface area contributed by atoms with E-state index in [1.807, 2.05) is 0 Å². The molecule has 0 atom stereocenters. The molecule has 0 aromatic carbocycles. The van der Waals surface area contributed by atoms with Crippen molar-refractivity contribution in [2.45, 2.75) is 6.92 Å². The van der Waals surface area contributed by atoms with Crippen LogP contribution in [-0.2, 0) is 9.59 Å². The predicted octanol–water partition coefficient (Wildman–Crippen LogP) is -3.59. The van der Waals surface area contributed by atoms with Gasteiger partial charge in [0.05, 0.1) is 0 Å². The number of ketones is 1. The monoisotopic (exact) mass is 256 g/mol. The molecule has 10 heavy (non-hydrogen) atoms. The third-order valence-electron chi connectivity index (χ3n) is 0.777. The summed E-state index contributed by atoms with van der Waals surface area (Å²) in [4.78, 5) is 21.0. The van der Waals surface area contributed by atoms with Crippen molar-refractivity contribution < 1.29 is 30.8 Å². The van der Waals surface area contributed by atoms with Crippen molar-refractivity contribution >= 4 is 11.7 Å². The SMILES string of the molecule is CNC(=O)C[I-]CC(C)=O. The predicted molar refractivity (Wildman–Crippen MR) is 34.5 cm³/mol. The van der Waals surface area contributed by atoms with Gasteiger partial charge in [0.15, 0.2) is 0 Å². The zero-order valence-electron chi connectivity index (χ0n) is 6.11. The third kappa shape index (κ3) is 6.00. The Balaban J connectivity index is 3.20. The van der Waals surface area contributed by atoms with Gasteiger partial charge in [0.25, 0.3) is 0 Å². The summed E-state index contributed by atoms with van der Waals surface area (Å²) >= 11 is -0.224. The Bertz CT molecular complexity index is 136. The van der Waals surface area contributed by atoms with Crippen LogP contribution >= 0.6 is 0 Å². The average molecular weight is 256 g/mol. The van der Waals surface area contributed by atoms with E-state index in [-0.39, 0.29) is 32.9 Å². The molecule has 0 aliphatic carbocycles. The van der Waals surface area contributed by atoms with E-state index >= 15 is 0 Å². The Kier molecular flexibility index (Phi) is 5.57. The molecule has 0 saturated heterocycles. The van der Waals surface area contributed by atoms with Crippen molar-refractivity contribution in [3.05, 3.63) is 0 Å². The maximum atomic E-state index is 10.6. The first-order chi connectivity index (χ1) is 4.66. The molecule has 0 rings (SSSR count). The Morgan fingerprint density at radius 1 is 1.40 bits per heavy atom. The zero-order chi connectivity index (χ0) is 7.98. The van der Waals surface area contributed by atoms with Crippen LogP contribution < -0.4 is 26.5 Å². The summed E-state index contributed by atoms with van der Waals surface area (Å²) < 4.78 is 1.18. The van der Waals surface area contributed by atoms with Crippen LogP contribution in [0.5, 0.6) is 0 Å². The van der Waals surface area contributed by atoms with Crippen LogP contribution in [0.3, 0.4) is 0 Å². The van der Waals surface area contributed by atoms with Crippen molar-refractivity contribution in [3.63, 3.8) is 0 Å². The quantitative estimate of drug-likeness (QED) is 0.417. The number of carbonyl (C=O) groups excluding carboxylic acids is 2. The Hall–Kier alpha value is -0.130. The number of halogens is 1. The molecule has 0 spiro atoms. The van der Waals surface area contributed by atoms with E-state index in [0.29, 0.717) is 8.86 Å². The number of nitrogens with one attached hydrogen (secondary N) is 1. The van der Waals surface area contributed by atoms with E-state index in [9.17, 15) is 9.59 Å². The first-order valence-electron chi connectivity index (χ1n) is 2.90. The number of carbonyl (C=O) groups is 2. The molecule has 1 N–H and O–H groups in total. The van der Waals surface area contributed by atoms with E-state index in [1.54, 1.807) is 14.0 Å². The molecule has 0 aliphatic rings. The van der Waals surface area contributed by atoms with Crippen LogP contribution in [0.1, 0.15) is 6.92 Å². The molecule has 0 heterocycles. The number of rotatable bonds is 4. The summed E-state index contributed by atoms with van der Waals surface area (Å²) in [6.07, 6.45) is 0. The second kappa shape index (κ2) is 5.64. The fourth-order valence-corrected chi connectivity index (χ4v) is 2.23. The van der Waals surface area contributed by atoms with E-state index in [2.05, 4.69) is 5.32 Å². The van der Waals surface area contributed by atoms with Gasteiger partial charge in [-0.15, -0.1) is 0 Å². The topological polar surface area (TPSA) is 46.2 Å². The fraction of sp³-hybridized carbons (Fsp3) is 0.667. The Labute approximate surface area is 70.8 Å². The van der Waals surface area contributed by atoms with E-state index in [1.165, 1.54) is 0 Å². The molecule has 0 saturated carbocycles. The molecular weight excluding hydrogens is 245 g/mol. The van der Waals surface area contributed by atoms with Gasteiger partial charge < -0.3 is 0 Å². The number of hydrogen-bond donors (Lipinski definition) is 1. The van der Waals surface area contributed by atoms with Crippen LogP contribution in [0, 0.1) is 0 Å². The minimum absolute atomic E-state index is 0.0500. The van der Waals surface area contributed by atoms with Gasteiger partial charge in [0, 0.05) is 0 Å². The van der Waals surface area contributed by atoms with Gasteiger partial charge in [-0.1, -0.05) is 0 Å². The van der Waals surface area contributed by atoms with Crippen molar-refractivity contribution in [3.8, 4) is 0 Å².